The molecule has 2 aromatic carbocycles. The highest BCUT2D eigenvalue weighted by molar-refractivity contribution is 5.97. The molecule has 0 bridgehead atoms. The average molecular weight is 337 g/mol. The van der Waals surface area contributed by atoms with Gasteiger partial charge < -0.3 is 14.8 Å². The average Bonchev–Trinajstić information content (AvgIpc) is 2.65. The van der Waals surface area contributed by atoms with Gasteiger partial charge in [-0.3, -0.25) is 14.8 Å². The van der Waals surface area contributed by atoms with Gasteiger partial charge in [-0.2, -0.15) is 0 Å². The Morgan fingerprint density at radius 2 is 1.84 bits per heavy atom. The van der Waals surface area contributed by atoms with Gasteiger partial charge in [-0.1, -0.05) is 6.07 Å². The molecule has 1 heterocycles. The van der Waals surface area contributed by atoms with Gasteiger partial charge >= 0.3 is 5.97 Å². The van der Waals surface area contributed by atoms with E-state index in [1.54, 1.807) is 54.9 Å². The lowest BCUT2D eigenvalue weighted by molar-refractivity contribution is -0.119. The van der Waals surface area contributed by atoms with Crippen molar-refractivity contribution in [2.24, 2.45) is 0 Å². The van der Waals surface area contributed by atoms with E-state index in [2.05, 4.69) is 15.3 Å². The molecule has 25 heavy (non-hydrogen) atoms. The summed E-state index contributed by atoms with van der Waals surface area (Å²) in [6.07, 6.45) is 3.11. The molecule has 0 aliphatic carbocycles. The van der Waals surface area contributed by atoms with Crippen LogP contribution in [0.5, 0.6) is 5.75 Å². The largest absolute Gasteiger partial charge is 0.497 e. The fraction of sp³-hybridized carbons (Fsp3) is 0.111. The van der Waals surface area contributed by atoms with Crippen molar-refractivity contribution in [3.63, 3.8) is 0 Å². The Morgan fingerprint density at radius 3 is 2.64 bits per heavy atom. The van der Waals surface area contributed by atoms with Crippen LogP contribution in [0.3, 0.4) is 0 Å². The molecule has 7 nitrogen and oxygen atoms in total. The van der Waals surface area contributed by atoms with Gasteiger partial charge in [0.1, 0.15) is 5.75 Å². The van der Waals surface area contributed by atoms with Crippen molar-refractivity contribution in [3.8, 4) is 5.75 Å². The van der Waals surface area contributed by atoms with E-state index >= 15 is 0 Å². The first-order chi connectivity index (χ1) is 12.2. The van der Waals surface area contributed by atoms with Crippen LogP contribution in [0.1, 0.15) is 10.4 Å². The van der Waals surface area contributed by atoms with E-state index in [1.807, 2.05) is 0 Å². The Kier molecular flexibility index (Phi) is 4.84. The molecule has 3 rings (SSSR count). The third-order valence-corrected chi connectivity index (χ3v) is 3.39. The van der Waals surface area contributed by atoms with Gasteiger partial charge in [-0.25, -0.2) is 4.79 Å². The van der Waals surface area contributed by atoms with Crippen molar-refractivity contribution in [1.29, 1.82) is 0 Å². The molecule has 1 amide bonds. The number of amides is 1. The Bertz CT molecular complexity index is 927. The summed E-state index contributed by atoms with van der Waals surface area (Å²) in [7, 11) is 1.54. The van der Waals surface area contributed by atoms with Crippen LogP contribution in [0.15, 0.2) is 54.9 Å². The smallest absolute Gasteiger partial charge is 0.338 e. The fourth-order valence-corrected chi connectivity index (χ4v) is 2.20. The molecule has 1 N–H and O–H groups in total. The number of esters is 1. The van der Waals surface area contributed by atoms with Gasteiger partial charge in [0.15, 0.2) is 6.61 Å². The van der Waals surface area contributed by atoms with Gasteiger partial charge in [0.2, 0.25) is 0 Å². The molecule has 0 spiro atoms. The zero-order valence-corrected chi connectivity index (χ0v) is 13.4. The third-order valence-electron chi connectivity index (χ3n) is 3.39. The second-order valence-corrected chi connectivity index (χ2v) is 5.12. The quantitative estimate of drug-likeness (QED) is 0.719. The second kappa shape index (κ2) is 7.39. The number of aromatic nitrogens is 2. The highest BCUT2D eigenvalue weighted by atomic mass is 16.5. The van der Waals surface area contributed by atoms with Gasteiger partial charge in [-0.05, 0) is 30.3 Å². The molecule has 126 valence electrons. The van der Waals surface area contributed by atoms with Crippen LogP contribution in [-0.2, 0) is 9.53 Å². The first-order valence-electron chi connectivity index (χ1n) is 7.47. The molecule has 0 aliphatic rings. The monoisotopic (exact) mass is 337 g/mol. The standard InChI is InChI=1S/C18H15N3O4/c1-24-14-4-2-3-13(10-14)21-17(22)11-25-18(23)12-5-6-15-16(9-12)20-8-7-19-15/h2-10H,11H2,1H3,(H,21,22). The van der Waals surface area contributed by atoms with Crippen LogP contribution in [0.25, 0.3) is 11.0 Å². The molecular weight excluding hydrogens is 322 g/mol. The van der Waals surface area contributed by atoms with Crippen LogP contribution in [0.4, 0.5) is 5.69 Å². The van der Waals surface area contributed by atoms with Gasteiger partial charge in [-0.15, -0.1) is 0 Å². The maximum absolute atomic E-state index is 12.1. The molecule has 0 atom stereocenters. The molecule has 1 aromatic heterocycles. The van der Waals surface area contributed by atoms with Crippen LogP contribution in [0, 0.1) is 0 Å². The SMILES string of the molecule is COc1cccc(NC(=O)COC(=O)c2ccc3nccnc3c2)c1. The van der Waals surface area contributed by atoms with Crippen molar-refractivity contribution in [3.05, 3.63) is 60.4 Å². The zero-order valence-electron chi connectivity index (χ0n) is 13.4. The number of benzene rings is 2. The Morgan fingerprint density at radius 1 is 1.04 bits per heavy atom. The molecule has 0 saturated heterocycles. The zero-order chi connectivity index (χ0) is 17.6. The third kappa shape index (κ3) is 4.08. The van der Waals surface area contributed by atoms with E-state index in [9.17, 15) is 9.59 Å². The number of hydrogen-bond donors (Lipinski definition) is 1. The van der Waals surface area contributed by atoms with Crippen LogP contribution in [-0.4, -0.2) is 35.6 Å². The van der Waals surface area contributed by atoms with E-state index in [0.29, 0.717) is 28.0 Å². The van der Waals surface area contributed by atoms with Crippen molar-refractivity contribution >= 4 is 28.6 Å². The topological polar surface area (TPSA) is 90.4 Å². The van der Waals surface area contributed by atoms with E-state index < -0.39 is 18.5 Å². The maximum Gasteiger partial charge on any atom is 0.338 e. The minimum atomic E-state index is -0.603. The summed E-state index contributed by atoms with van der Waals surface area (Å²) in [5, 5.41) is 2.63. The number of ether oxygens (including phenoxy) is 2. The van der Waals surface area contributed by atoms with Gasteiger partial charge in [0.25, 0.3) is 5.91 Å². The van der Waals surface area contributed by atoms with Gasteiger partial charge in [0, 0.05) is 24.1 Å². The summed E-state index contributed by atoms with van der Waals surface area (Å²) < 4.78 is 10.1. The summed E-state index contributed by atoms with van der Waals surface area (Å²) >= 11 is 0. The molecule has 0 fully saturated rings. The number of carbonyl (C=O) groups excluding carboxylic acids is 2. The Hall–Kier alpha value is -3.48. The van der Waals surface area contributed by atoms with Crippen molar-refractivity contribution in [1.82, 2.24) is 9.97 Å². The number of hydrogen-bond acceptors (Lipinski definition) is 6. The fourth-order valence-electron chi connectivity index (χ4n) is 2.20. The number of nitrogens with zero attached hydrogens (tertiary/aromatic N) is 2. The van der Waals surface area contributed by atoms with Crippen LogP contribution in [0.2, 0.25) is 0 Å². The lowest BCUT2D eigenvalue weighted by Gasteiger charge is -2.08. The predicted molar refractivity (Wildman–Crippen MR) is 91.4 cm³/mol. The molecule has 3 aromatic rings. The minimum Gasteiger partial charge on any atom is -0.497 e. The summed E-state index contributed by atoms with van der Waals surface area (Å²) in [5.74, 6) is -0.428. The normalized spacial score (nSPS) is 10.3. The lowest BCUT2D eigenvalue weighted by Crippen LogP contribution is -2.20. The predicted octanol–water partition coefficient (Wildman–Crippen LogP) is 2.43. The van der Waals surface area contributed by atoms with E-state index in [1.165, 1.54) is 7.11 Å². The number of rotatable bonds is 5. The highest BCUT2D eigenvalue weighted by Gasteiger charge is 2.12. The minimum absolute atomic E-state index is 0.308. The molecule has 7 heteroatoms. The Labute approximate surface area is 143 Å². The van der Waals surface area contributed by atoms with Crippen LogP contribution < -0.4 is 10.1 Å². The van der Waals surface area contributed by atoms with E-state index in [0.717, 1.165) is 0 Å². The van der Waals surface area contributed by atoms with Gasteiger partial charge in [0.05, 0.1) is 23.7 Å². The lowest BCUT2D eigenvalue weighted by atomic mass is 10.2. The highest BCUT2D eigenvalue weighted by Crippen LogP contribution is 2.16. The number of nitrogens with one attached hydrogen (secondary N) is 1. The Balaban J connectivity index is 1.59. The first kappa shape index (κ1) is 16.4. The molecule has 0 aliphatic heterocycles. The summed E-state index contributed by atoms with van der Waals surface area (Å²) in [5.41, 5.74) is 2.12. The van der Waals surface area contributed by atoms with Crippen molar-refractivity contribution < 1.29 is 19.1 Å². The number of methoxy groups -OCH3 is 1. The van der Waals surface area contributed by atoms with Crippen molar-refractivity contribution in [2.75, 3.05) is 19.0 Å². The van der Waals surface area contributed by atoms with E-state index in [-0.39, 0.29) is 0 Å². The molecule has 0 saturated carbocycles. The summed E-state index contributed by atoms with van der Waals surface area (Å²) in [4.78, 5) is 32.2. The number of fused-ring (bicyclic) bond motifs is 1. The van der Waals surface area contributed by atoms with Crippen LogP contribution >= 0.6 is 0 Å². The second-order valence-electron chi connectivity index (χ2n) is 5.12. The number of carbonyl (C=O) groups is 2. The summed E-state index contributed by atoms with van der Waals surface area (Å²) in [6, 6.07) is 11.7. The van der Waals surface area contributed by atoms with Crippen molar-refractivity contribution in [2.45, 2.75) is 0 Å². The number of anilines is 1. The summed E-state index contributed by atoms with van der Waals surface area (Å²) in [6.45, 7) is -0.394. The van der Waals surface area contributed by atoms with E-state index in [4.69, 9.17) is 9.47 Å². The molecule has 0 radical (unpaired) electrons. The molecule has 0 unspecified atom stereocenters. The first-order valence-corrected chi connectivity index (χ1v) is 7.47. The molecular formula is C18H15N3O4. The maximum atomic E-state index is 12.1.